The molecule has 1 heterocycles. The number of amides is 1. The van der Waals surface area contributed by atoms with Crippen molar-refractivity contribution in [2.24, 2.45) is 0 Å². The van der Waals surface area contributed by atoms with Crippen molar-refractivity contribution in [2.45, 2.75) is 58.1 Å². The Morgan fingerprint density at radius 2 is 2.00 bits per heavy atom. The van der Waals surface area contributed by atoms with E-state index in [1.807, 2.05) is 37.3 Å². The van der Waals surface area contributed by atoms with Crippen LogP contribution in [0.3, 0.4) is 0 Å². The molecule has 0 aliphatic carbocycles. The summed E-state index contributed by atoms with van der Waals surface area (Å²) in [6.45, 7) is 2.98. The van der Waals surface area contributed by atoms with Gasteiger partial charge in [0.2, 0.25) is 0 Å². The van der Waals surface area contributed by atoms with Gasteiger partial charge >= 0.3 is 6.09 Å². The number of Topliss-reactive ketones (excluding diaryl/α,β-unsaturated/α-hetero) is 1. The Morgan fingerprint density at radius 1 is 1.23 bits per heavy atom. The predicted molar refractivity (Wildman–Crippen MR) is 85.5 cm³/mol. The summed E-state index contributed by atoms with van der Waals surface area (Å²) < 4.78 is 5.42. The minimum Gasteiger partial charge on any atom is -0.445 e. The van der Waals surface area contributed by atoms with Crippen LogP contribution in [0.25, 0.3) is 0 Å². The molecule has 22 heavy (non-hydrogen) atoms. The highest BCUT2D eigenvalue weighted by atomic mass is 16.6. The average Bonchev–Trinajstić information content (AvgIpc) is 2.54. The molecule has 1 aliphatic rings. The molecule has 4 heteroatoms. The van der Waals surface area contributed by atoms with E-state index in [0.29, 0.717) is 19.4 Å². The Balaban J connectivity index is 1.89. The van der Waals surface area contributed by atoms with E-state index in [1.54, 1.807) is 4.90 Å². The molecule has 1 aromatic carbocycles. The lowest BCUT2D eigenvalue weighted by Gasteiger charge is -2.34. The summed E-state index contributed by atoms with van der Waals surface area (Å²) in [4.78, 5) is 25.9. The highest BCUT2D eigenvalue weighted by Gasteiger charge is 2.29. The summed E-state index contributed by atoms with van der Waals surface area (Å²) in [5, 5.41) is 0. The predicted octanol–water partition coefficient (Wildman–Crippen LogP) is 3.94. The molecule has 1 amide bonds. The molecule has 4 nitrogen and oxygen atoms in total. The van der Waals surface area contributed by atoms with Gasteiger partial charge in [-0.3, -0.25) is 4.79 Å². The maximum atomic E-state index is 12.3. The quantitative estimate of drug-likeness (QED) is 0.799. The van der Waals surface area contributed by atoms with Crippen molar-refractivity contribution < 1.29 is 14.3 Å². The number of ether oxygens (including phenoxy) is 1. The molecule has 0 saturated carbocycles. The normalized spacial score (nSPS) is 18.0. The zero-order valence-corrected chi connectivity index (χ0v) is 13.3. The number of ketones is 1. The highest BCUT2D eigenvalue weighted by Crippen LogP contribution is 2.22. The number of nitrogens with zero attached hydrogens (tertiary/aromatic N) is 1. The summed E-state index contributed by atoms with van der Waals surface area (Å²) in [5.74, 6) is 0.246. The van der Waals surface area contributed by atoms with E-state index < -0.39 is 0 Å². The van der Waals surface area contributed by atoms with Crippen molar-refractivity contribution in [1.82, 2.24) is 4.90 Å². The lowest BCUT2D eigenvalue weighted by molar-refractivity contribution is -0.120. The number of rotatable bonds is 6. The van der Waals surface area contributed by atoms with E-state index in [0.717, 1.165) is 31.2 Å². The van der Waals surface area contributed by atoms with Crippen LogP contribution in [0.1, 0.15) is 51.0 Å². The molecule has 1 aromatic rings. The lowest BCUT2D eigenvalue weighted by Crippen LogP contribution is -2.44. The number of carbonyl (C=O) groups is 2. The van der Waals surface area contributed by atoms with Crippen LogP contribution in [0, 0.1) is 0 Å². The van der Waals surface area contributed by atoms with E-state index in [4.69, 9.17) is 4.74 Å². The first-order valence-electron chi connectivity index (χ1n) is 8.19. The van der Waals surface area contributed by atoms with Crippen LogP contribution in [0.2, 0.25) is 0 Å². The Labute approximate surface area is 132 Å². The van der Waals surface area contributed by atoms with Crippen LogP contribution in [-0.4, -0.2) is 29.4 Å². The highest BCUT2D eigenvalue weighted by molar-refractivity contribution is 5.79. The van der Waals surface area contributed by atoms with Gasteiger partial charge in [0.05, 0.1) is 0 Å². The Bertz CT molecular complexity index is 486. The maximum absolute atomic E-state index is 12.3. The molecular weight excluding hydrogens is 278 g/mol. The van der Waals surface area contributed by atoms with Crippen molar-refractivity contribution in [3.8, 4) is 0 Å². The second kappa shape index (κ2) is 8.57. The molecule has 2 rings (SSSR count). The first-order chi connectivity index (χ1) is 10.7. The van der Waals surface area contributed by atoms with Gasteiger partial charge < -0.3 is 9.64 Å². The molecule has 0 bridgehead atoms. The van der Waals surface area contributed by atoms with E-state index in [9.17, 15) is 9.59 Å². The summed E-state index contributed by atoms with van der Waals surface area (Å²) in [6.07, 6.45) is 4.60. The molecule has 120 valence electrons. The van der Waals surface area contributed by atoms with E-state index in [-0.39, 0.29) is 24.5 Å². The molecule has 0 unspecified atom stereocenters. The Hall–Kier alpha value is -1.84. The van der Waals surface area contributed by atoms with Gasteiger partial charge in [0, 0.05) is 25.4 Å². The van der Waals surface area contributed by atoms with Crippen molar-refractivity contribution in [2.75, 3.05) is 6.54 Å². The largest absolute Gasteiger partial charge is 0.445 e. The summed E-state index contributed by atoms with van der Waals surface area (Å²) >= 11 is 0. The monoisotopic (exact) mass is 303 g/mol. The van der Waals surface area contributed by atoms with Crippen LogP contribution < -0.4 is 0 Å². The van der Waals surface area contributed by atoms with Crippen molar-refractivity contribution in [1.29, 1.82) is 0 Å². The number of hydrogen-bond donors (Lipinski definition) is 0. The molecular formula is C18H25NO3. The molecule has 1 aliphatic heterocycles. The van der Waals surface area contributed by atoms with E-state index in [2.05, 4.69) is 0 Å². The van der Waals surface area contributed by atoms with E-state index in [1.165, 1.54) is 0 Å². The van der Waals surface area contributed by atoms with E-state index >= 15 is 0 Å². The fourth-order valence-corrected chi connectivity index (χ4v) is 2.90. The number of piperidine rings is 1. The van der Waals surface area contributed by atoms with Gasteiger partial charge in [-0.15, -0.1) is 0 Å². The fourth-order valence-electron chi connectivity index (χ4n) is 2.90. The van der Waals surface area contributed by atoms with Gasteiger partial charge in [-0.05, 0) is 31.2 Å². The molecule has 0 aromatic heterocycles. The van der Waals surface area contributed by atoms with Gasteiger partial charge in [-0.25, -0.2) is 4.79 Å². The van der Waals surface area contributed by atoms with Gasteiger partial charge in [-0.1, -0.05) is 37.3 Å². The van der Waals surface area contributed by atoms with Crippen LogP contribution in [-0.2, 0) is 16.1 Å². The molecule has 1 atom stereocenters. The lowest BCUT2D eigenvalue weighted by atomic mass is 9.96. The standard InChI is InChI=1S/C18H25NO3/c1-2-8-17(20)13-16-11-6-7-12-19(16)18(21)22-14-15-9-4-3-5-10-15/h3-5,9-10,16H,2,6-8,11-14H2,1H3/t16-/m1/s1. The number of likely N-dealkylation sites (tertiary alicyclic amines) is 1. The topological polar surface area (TPSA) is 46.6 Å². The third-order valence-corrected chi connectivity index (χ3v) is 4.06. The minimum atomic E-state index is -0.294. The van der Waals surface area contributed by atoms with Gasteiger partial charge in [0.15, 0.2) is 0 Å². The van der Waals surface area contributed by atoms with Crippen molar-refractivity contribution in [3.63, 3.8) is 0 Å². The van der Waals surface area contributed by atoms with Gasteiger partial charge in [0.25, 0.3) is 0 Å². The summed E-state index contributed by atoms with van der Waals surface area (Å²) in [5.41, 5.74) is 0.978. The number of hydrogen-bond acceptors (Lipinski definition) is 3. The molecule has 0 N–H and O–H groups in total. The second-order valence-electron chi connectivity index (χ2n) is 5.88. The first kappa shape index (κ1) is 16.5. The second-order valence-corrected chi connectivity index (χ2v) is 5.88. The number of benzene rings is 1. The van der Waals surface area contributed by atoms with Crippen molar-refractivity contribution in [3.05, 3.63) is 35.9 Å². The molecule has 1 fully saturated rings. The third-order valence-electron chi connectivity index (χ3n) is 4.06. The first-order valence-corrected chi connectivity index (χ1v) is 8.19. The molecule has 0 spiro atoms. The Kier molecular flexibility index (Phi) is 6.44. The van der Waals surface area contributed by atoms with Crippen molar-refractivity contribution >= 4 is 11.9 Å². The summed E-state index contributed by atoms with van der Waals surface area (Å²) in [6, 6.07) is 9.67. The summed E-state index contributed by atoms with van der Waals surface area (Å²) in [7, 11) is 0. The molecule has 0 radical (unpaired) electrons. The maximum Gasteiger partial charge on any atom is 0.410 e. The number of carbonyl (C=O) groups excluding carboxylic acids is 2. The van der Waals surface area contributed by atoms with Gasteiger partial charge in [-0.2, -0.15) is 0 Å². The van der Waals surface area contributed by atoms with Crippen LogP contribution >= 0.6 is 0 Å². The fraction of sp³-hybridized carbons (Fsp3) is 0.556. The van der Waals surface area contributed by atoms with Crippen LogP contribution in [0.15, 0.2) is 30.3 Å². The average molecular weight is 303 g/mol. The SMILES string of the molecule is CCCC(=O)C[C@H]1CCCCN1C(=O)OCc1ccccc1. The molecule has 1 saturated heterocycles. The van der Waals surface area contributed by atoms with Crippen LogP contribution in [0.5, 0.6) is 0 Å². The third kappa shape index (κ3) is 4.86. The zero-order valence-electron chi connectivity index (χ0n) is 13.3. The van der Waals surface area contributed by atoms with Crippen LogP contribution in [0.4, 0.5) is 4.79 Å². The minimum absolute atomic E-state index is 0.0103. The Morgan fingerprint density at radius 3 is 2.73 bits per heavy atom. The smallest absolute Gasteiger partial charge is 0.410 e. The zero-order chi connectivity index (χ0) is 15.8. The van der Waals surface area contributed by atoms with Gasteiger partial charge in [0.1, 0.15) is 12.4 Å².